The van der Waals surface area contributed by atoms with Crippen molar-refractivity contribution in [2.24, 2.45) is 0 Å². The van der Waals surface area contributed by atoms with Crippen molar-refractivity contribution >= 4 is 39.0 Å². The third-order valence-corrected chi connectivity index (χ3v) is 9.01. The zero-order valence-electron chi connectivity index (χ0n) is 26.1. The molecule has 7 nitrogen and oxygen atoms in total. The molecule has 0 unspecified atom stereocenters. The lowest BCUT2D eigenvalue weighted by Crippen LogP contribution is -2.01. The maximum Gasteiger partial charge on any atom is 0.232 e. The summed E-state index contributed by atoms with van der Waals surface area (Å²) in [5.41, 5.74) is 10.3. The summed E-state index contributed by atoms with van der Waals surface area (Å²) in [4.78, 5) is 20.2. The number of fused-ring (bicyclic) bond motifs is 7. The van der Waals surface area contributed by atoms with Crippen LogP contribution in [-0.2, 0) is 0 Å². The van der Waals surface area contributed by atoms with E-state index >= 15 is 0 Å². The van der Waals surface area contributed by atoms with Crippen molar-refractivity contribution in [3.8, 4) is 51.0 Å². The highest BCUT2D eigenvalue weighted by Crippen LogP contribution is 2.38. The van der Waals surface area contributed by atoms with Gasteiger partial charge < -0.3 is 4.42 Å². The van der Waals surface area contributed by atoms with Crippen LogP contribution < -0.4 is 0 Å². The highest BCUT2D eigenvalue weighted by molar-refractivity contribution is 6.06. The Morgan fingerprint density at radius 3 is 1.78 bits per heavy atom. The summed E-state index contributed by atoms with van der Waals surface area (Å²) < 4.78 is 10.8. The van der Waals surface area contributed by atoms with Gasteiger partial charge in [-0.05, 0) is 47.5 Å². The highest BCUT2D eigenvalue weighted by Gasteiger charge is 2.23. The number of rotatable bonds is 5. The van der Waals surface area contributed by atoms with Crippen LogP contribution in [0.4, 0.5) is 0 Å². The third-order valence-electron chi connectivity index (χ3n) is 9.01. The molecule has 10 aromatic rings. The molecule has 4 aromatic heterocycles. The van der Waals surface area contributed by atoms with Crippen molar-refractivity contribution in [2.45, 2.75) is 0 Å². The molecule has 0 saturated heterocycles. The normalized spacial score (nSPS) is 11.7. The van der Waals surface area contributed by atoms with Crippen LogP contribution in [-0.4, -0.2) is 28.9 Å². The zero-order chi connectivity index (χ0) is 32.3. The van der Waals surface area contributed by atoms with Crippen LogP contribution in [0.25, 0.3) is 90.0 Å². The Morgan fingerprint density at radius 2 is 1.06 bits per heavy atom. The molecular formula is C42H26N6O. The van der Waals surface area contributed by atoms with E-state index in [1.807, 2.05) is 109 Å². The molecule has 0 bridgehead atoms. The summed E-state index contributed by atoms with van der Waals surface area (Å²) in [7, 11) is 0. The van der Waals surface area contributed by atoms with Crippen molar-refractivity contribution < 1.29 is 4.42 Å². The van der Waals surface area contributed by atoms with Gasteiger partial charge in [-0.15, -0.1) is 0 Å². The van der Waals surface area contributed by atoms with Crippen molar-refractivity contribution in [2.75, 3.05) is 0 Å². The van der Waals surface area contributed by atoms with Gasteiger partial charge in [0.25, 0.3) is 0 Å². The lowest BCUT2D eigenvalue weighted by Gasteiger charge is -2.12. The first-order chi connectivity index (χ1) is 24.3. The van der Waals surface area contributed by atoms with E-state index in [9.17, 15) is 0 Å². The molecule has 10 rings (SSSR count). The first-order valence-electron chi connectivity index (χ1n) is 16.2. The number of nitrogens with zero attached hydrogens (tertiary/aromatic N) is 6. The second-order valence-corrected chi connectivity index (χ2v) is 12.0. The summed E-state index contributed by atoms with van der Waals surface area (Å²) in [6, 6.07) is 53.2. The molecule has 49 heavy (non-hydrogen) atoms. The zero-order valence-corrected chi connectivity index (χ0v) is 26.1. The number of para-hydroxylation sites is 2. The Kier molecular flexibility index (Phi) is 6.04. The Bertz CT molecular complexity index is 2760. The molecule has 4 heterocycles. The number of furan rings is 1. The van der Waals surface area contributed by atoms with Crippen LogP contribution >= 0.6 is 0 Å². The van der Waals surface area contributed by atoms with E-state index in [1.165, 1.54) is 0 Å². The van der Waals surface area contributed by atoms with Gasteiger partial charge >= 0.3 is 0 Å². The number of aromatic nitrogens is 6. The average Bonchev–Trinajstić information content (AvgIpc) is 3.83. The second-order valence-electron chi connectivity index (χ2n) is 12.0. The van der Waals surface area contributed by atoms with E-state index in [2.05, 4.69) is 57.5 Å². The van der Waals surface area contributed by atoms with Gasteiger partial charge in [-0.3, -0.25) is 4.57 Å². The summed E-state index contributed by atoms with van der Waals surface area (Å²) in [6.45, 7) is 0. The Morgan fingerprint density at radius 1 is 0.469 bits per heavy atom. The summed E-state index contributed by atoms with van der Waals surface area (Å²) >= 11 is 0. The van der Waals surface area contributed by atoms with Gasteiger partial charge in [-0.2, -0.15) is 0 Å². The largest absolute Gasteiger partial charge is 0.437 e. The molecule has 0 saturated carbocycles. The Balaban J connectivity index is 1.18. The molecule has 0 aliphatic rings. The second kappa shape index (κ2) is 10.9. The van der Waals surface area contributed by atoms with Gasteiger partial charge in [0.15, 0.2) is 17.5 Å². The smallest absolute Gasteiger partial charge is 0.232 e. The Hall–Kier alpha value is -6.86. The molecule has 0 radical (unpaired) electrons. The molecule has 0 amide bonds. The molecule has 6 aromatic carbocycles. The maximum atomic E-state index is 6.50. The number of hydrogen-bond acceptors (Lipinski definition) is 5. The topological polar surface area (TPSA) is 74.0 Å². The van der Waals surface area contributed by atoms with E-state index in [-0.39, 0.29) is 0 Å². The minimum atomic E-state index is 0.609. The first kappa shape index (κ1) is 27.3. The first-order valence-corrected chi connectivity index (χ1v) is 16.2. The van der Waals surface area contributed by atoms with Crippen LogP contribution in [0.3, 0.4) is 0 Å². The predicted molar refractivity (Wildman–Crippen MR) is 194 cm³/mol. The fraction of sp³-hybridized carbons (Fsp3) is 0. The highest BCUT2D eigenvalue weighted by atomic mass is 16.3. The predicted octanol–water partition coefficient (Wildman–Crippen LogP) is 10.0. The fourth-order valence-corrected chi connectivity index (χ4v) is 6.75. The molecular weight excluding hydrogens is 605 g/mol. The van der Waals surface area contributed by atoms with Crippen LogP contribution in [0.2, 0.25) is 0 Å². The quantitative estimate of drug-likeness (QED) is 0.189. The van der Waals surface area contributed by atoms with Crippen LogP contribution in [0, 0.1) is 0 Å². The van der Waals surface area contributed by atoms with E-state index in [0.29, 0.717) is 17.5 Å². The molecule has 0 aliphatic carbocycles. The summed E-state index contributed by atoms with van der Waals surface area (Å²) in [5, 5.41) is 1.05. The van der Waals surface area contributed by atoms with Gasteiger partial charge in [0.1, 0.15) is 11.1 Å². The number of benzene rings is 6. The van der Waals surface area contributed by atoms with Gasteiger partial charge in [-0.25, -0.2) is 24.3 Å². The van der Waals surface area contributed by atoms with E-state index in [4.69, 9.17) is 24.4 Å². The molecule has 0 fully saturated rings. The van der Waals surface area contributed by atoms with Gasteiger partial charge in [0, 0.05) is 27.8 Å². The van der Waals surface area contributed by atoms with Crippen LogP contribution in [0.15, 0.2) is 162 Å². The number of hydrogen-bond donors (Lipinski definition) is 0. The Labute approximate surface area is 280 Å². The number of imidazole rings is 2. The van der Waals surface area contributed by atoms with Crippen LogP contribution in [0.1, 0.15) is 0 Å². The lowest BCUT2D eigenvalue weighted by molar-refractivity contribution is 0.651. The monoisotopic (exact) mass is 630 g/mol. The van der Waals surface area contributed by atoms with Crippen molar-refractivity contribution in [3.05, 3.63) is 158 Å². The van der Waals surface area contributed by atoms with Crippen molar-refractivity contribution in [1.29, 1.82) is 0 Å². The molecule has 0 aliphatic heterocycles. The molecule has 7 heteroatoms. The maximum absolute atomic E-state index is 6.50. The third kappa shape index (κ3) is 4.37. The molecule has 230 valence electrons. The van der Waals surface area contributed by atoms with Gasteiger partial charge in [-0.1, -0.05) is 121 Å². The van der Waals surface area contributed by atoms with Gasteiger partial charge in [0.2, 0.25) is 11.5 Å². The molecule has 0 spiro atoms. The van der Waals surface area contributed by atoms with Crippen LogP contribution in [0.5, 0.6) is 0 Å². The standard InChI is InChI=1S/C42H26N6O/c1-4-14-27(15-5-1)38-44-39(28-16-6-2-7-17-28)46-40(45-38)32-21-11-10-20-31(32)29-24-25-35-34(26-29)43-42-47(30-18-8-3-9-19-30)37-33-22-12-13-23-36(33)49-41(37)48(35)42/h1-26H. The van der Waals surface area contributed by atoms with E-state index < -0.39 is 0 Å². The van der Waals surface area contributed by atoms with E-state index in [1.54, 1.807) is 0 Å². The minimum Gasteiger partial charge on any atom is -0.437 e. The summed E-state index contributed by atoms with van der Waals surface area (Å²) in [5.74, 6) is 2.66. The molecule has 0 N–H and O–H groups in total. The molecule has 0 atom stereocenters. The lowest BCUT2D eigenvalue weighted by atomic mass is 9.98. The van der Waals surface area contributed by atoms with Crippen molar-refractivity contribution in [1.82, 2.24) is 28.9 Å². The summed E-state index contributed by atoms with van der Waals surface area (Å²) in [6.07, 6.45) is 0. The minimum absolute atomic E-state index is 0.609. The SMILES string of the molecule is c1ccc(-c2nc(-c3ccccc3)nc(-c3ccccc3-c3ccc4c(c3)nc3n(-c5ccccc5)c5c6ccccc6oc5n43)n2)cc1. The van der Waals surface area contributed by atoms with Crippen molar-refractivity contribution in [3.63, 3.8) is 0 Å². The fourth-order valence-electron chi connectivity index (χ4n) is 6.75. The van der Waals surface area contributed by atoms with E-state index in [0.717, 1.165) is 72.5 Å². The van der Waals surface area contributed by atoms with Gasteiger partial charge in [0.05, 0.1) is 11.0 Å². The average molecular weight is 631 g/mol.